The van der Waals surface area contributed by atoms with E-state index in [-0.39, 0.29) is 17.1 Å². The molecule has 4 N–H and O–H groups in total. The lowest BCUT2D eigenvalue weighted by Crippen LogP contribution is -2.43. The van der Waals surface area contributed by atoms with Crippen molar-refractivity contribution >= 4 is 23.0 Å². The molecule has 3 aliphatic rings. The maximum atomic E-state index is 13.4. The van der Waals surface area contributed by atoms with Crippen molar-refractivity contribution in [2.75, 3.05) is 48.2 Å². The van der Waals surface area contributed by atoms with Crippen molar-refractivity contribution in [3.8, 4) is 5.75 Å². The minimum Gasteiger partial charge on any atom is -0.412 e. The highest BCUT2D eigenvalue weighted by Crippen LogP contribution is 2.38. The summed E-state index contributed by atoms with van der Waals surface area (Å²) in [4.78, 5) is 15.6. The standard InChI is InChI=1S/C21H20F3N5O3.H2O/c22-21(23,24)32-15-7-5-14(6-8-15)28-20(30)19-17(13-27-9-11-31-12-10-27)25-16-3-1-2-4-18(16)29(19)26-28;/h1-8,25-26H,9-13H2;1H2. The molecule has 0 saturated carbocycles. The highest BCUT2D eigenvalue weighted by Gasteiger charge is 2.41. The molecule has 3 heterocycles. The molecule has 2 aromatic rings. The number of ether oxygens (including phenoxy) is 2. The van der Waals surface area contributed by atoms with Gasteiger partial charge >= 0.3 is 6.36 Å². The molecule has 1 amide bonds. The Hall–Kier alpha value is -3.32. The number of hydrazine groups is 2. The van der Waals surface area contributed by atoms with E-state index < -0.39 is 6.36 Å². The summed E-state index contributed by atoms with van der Waals surface area (Å²) in [6.45, 7) is 3.31. The highest BCUT2D eigenvalue weighted by atomic mass is 19.4. The molecule has 0 bridgehead atoms. The van der Waals surface area contributed by atoms with Crippen LogP contribution in [0.2, 0.25) is 0 Å². The van der Waals surface area contributed by atoms with E-state index in [1.165, 1.54) is 29.3 Å². The maximum Gasteiger partial charge on any atom is 0.573 e. The van der Waals surface area contributed by atoms with Crippen LogP contribution in [0.1, 0.15) is 0 Å². The van der Waals surface area contributed by atoms with Crippen molar-refractivity contribution in [1.29, 1.82) is 0 Å². The third-order valence-electron chi connectivity index (χ3n) is 5.36. The fraction of sp³-hybridized carbons (Fsp3) is 0.286. The molecule has 2 fully saturated rings. The first-order valence-electron chi connectivity index (χ1n) is 10.0. The number of benzene rings is 2. The first-order valence-corrected chi connectivity index (χ1v) is 10.0. The van der Waals surface area contributed by atoms with Gasteiger partial charge in [-0.3, -0.25) is 9.69 Å². The third kappa shape index (κ3) is 4.59. The summed E-state index contributed by atoms with van der Waals surface area (Å²) in [5.74, 6) is -0.676. The van der Waals surface area contributed by atoms with Gasteiger partial charge in [0.2, 0.25) is 0 Å². The van der Waals surface area contributed by atoms with Crippen LogP contribution in [-0.2, 0) is 9.53 Å². The Morgan fingerprint density at radius 3 is 2.39 bits per heavy atom. The quantitative estimate of drug-likeness (QED) is 0.713. The van der Waals surface area contributed by atoms with Gasteiger partial charge in [0, 0.05) is 19.6 Å². The monoisotopic (exact) mass is 465 g/mol. The molecule has 0 spiro atoms. The number of hydrogen-bond acceptors (Lipinski definition) is 7. The van der Waals surface area contributed by atoms with Gasteiger partial charge < -0.3 is 20.3 Å². The number of morpholine rings is 1. The maximum absolute atomic E-state index is 13.4. The number of hydrogen-bond donors (Lipinski definition) is 2. The second kappa shape index (κ2) is 8.90. The average molecular weight is 465 g/mol. The topological polar surface area (TPSA) is 101 Å². The van der Waals surface area contributed by atoms with Crippen molar-refractivity contribution in [2.24, 2.45) is 0 Å². The van der Waals surface area contributed by atoms with Gasteiger partial charge in [-0.1, -0.05) is 12.1 Å². The number of para-hydroxylation sites is 2. The first-order chi connectivity index (χ1) is 15.4. The number of rotatable bonds is 4. The smallest absolute Gasteiger partial charge is 0.412 e. The molecule has 176 valence electrons. The van der Waals surface area contributed by atoms with Crippen LogP contribution in [0.3, 0.4) is 0 Å². The average Bonchev–Trinajstić information content (AvgIpc) is 3.12. The largest absolute Gasteiger partial charge is 0.573 e. The summed E-state index contributed by atoms with van der Waals surface area (Å²) in [5.41, 5.74) is 6.23. The molecule has 0 radical (unpaired) electrons. The van der Waals surface area contributed by atoms with Crippen molar-refractivity contribution in [1.82, 2.24) is 10.4 Å². The SMILES string of the molecule is O.O=C1C2=C(CN3CCOCC3)Nc3ccccc3N2NN1c1ccc(OC(F)(F)F)cc1. The summed E-state index contributed by atoms with van der Waals surface area (Å²) in [6.07, 6.45) is -4.78. The van der Waals surface area contributed by atoms with E-state index >= 15 is 0 Å². The van der Waals surface area contributed by atoms with Gasteiger partial charge in [0.25, 0.3) is 5.91 Å². The normalized spacial score (nSPS) is 18.5. The number of amides is 1. The predicted octanol–water partition coefficient (Wildman–Crippen LogP) is 2.00. The molecule has 12 heteroatoms. The molecule has 3 aliphatic heterocycles. The summed E-state index contributed by atoms with van der Waals surface area (Å²) >= 11 is 0. The van der Waals surface area contributed by atoms with Crippen LogP contribution in [0.25, 0.3) is 0 Å². The van der Waals surface area contributed by atoms with E-state index in [1.807, 2.05) is 24.3 Å². The molecule has 33 heavy (non-hydrogen) atoms. The molecule has 5 rings (SSSR count). The zero-order valence-electron chi connectivity index (χ0n) is 17.4. The van der Waals surface area contributed by atoms with Gasteiger partial charge in [0.1, 0.15) is 11.4 Å². The highest BCUT2D eigenvalue weighted by molar-refractivity contribution is 6.12. The van der Waals surface area contributed by atoms with E-state index in [1.54, 1.807) is 5.01 Å². The lowest BCUT2D eigenvalue weighted by Gasteiger charge is -2.33. The van der Waals surface area contributed by atoms with Crippen LogP contribution in [0.4, 0.5) is 30.2 Å². The molecule has 0 atom stereocenters. The van der Waals surface area contributed by atoms with Gasteiger partial charge in [-0.25, -0.2) is 10.0 Å². The van der Waals surface area contributed by atoms with Crippen LogP contribution in [0, 0.1) is 0 Å². The van der Waals surface area contributed by atoms with E-state index in [0.717, 1.165) is 30.2 Å². The van der Waals surface area contributed by atoms with Gasteiger partial charge in [-0.05, 0) is 36.4 Å². The molecule has 0 unspecified atom stereocenters. The summed E-state index contributed by atoms with van der Waals surface area (Å²) in [7, 11) is 0. The second-order valence-corrected chi connectivity index (χ2v) is 7.48. The number of nitrogens with zero attached hydrogens (tertiary/aromatic N) is 3. The fourth-order valence-electron chi connectivity index (χ4n) is 3.90. The van der Waals surface area contributed by atoms with Crippen LogP contribution in [0.5, 0.6) is 5.75 Å². The number of anilines is 3. The van der Waals surface area contributed by atoms with Crippen molar-refractivity contribution in [2.45, 2.75) is 6.36 Å². The Bertz CT molecular complexity index is 1050. The number of alkyl halides is 3. The summed E-state index contributed by atoms with van der Waals surface area (Å²) in [6, 6.07) is 12.7. The zero-order chi connectivity index (χ0) is 22.3. The Morgan fingerprint density at radius 2 is 1.70 bits per heavy atom. The Kier molecular flexibility index (Phi) is 6.17. The molecular weight excluding hydrogens is 443 g/mol. The molecule has 9 nitrogen and oxygen atoms in total. The number of nitrogens with one attached hydrogen (secondary N) is 2. The van der Waals surface area contributed by atoms with Gasteiger partial charge in [-0.2, -0.15) is 0 Å². The van der Waals surface area contributed by atoms with Crippen LogP contribution >= 0.6 is 0 Å². The van der Waals surface area contributed by atoms with Gasteiger partial charge in [0.05, 0.1) is 36.0 Å². The second-order valence-electron chi connectivity index (χ2n) is 7.48. The van der Waals surface area contributed by atoms with Crippen molar-refractivity contribution in [3.05, 3.63) is 59.9 Å². The molecule has 0 aromatic heterocycles. The van der Waals surface area contributed by atoms with Crippen molar-refractivity contribution < 1.29 is 32.9 Å². The van der Waals surface area contributed by atoms with E-state index in [9.17, 15) is 18.0 Å². The summed E-state index contributed by atoms with van der Waals surface area (Å²) < 4.78 is 46.7. The Morgan fingerprint density at radius 1 is 1.00 bits per heavy atom. The van der Waals surface area contributed by atoms with E-state index in [0.29, 0.717) is 31.1 Å². The molecule has 2 aromatic carbocycles. The molecular formula is C21H22F3N5O4. The predicted molar refractivity (Wildman–Crippen MR) is 114 cm³/mol. The Labute approximate surface area is 187 Å². The Balaban J connectivity index is 0.00000259. The van der Waals surface area contributed by atoms with Gasteiger partial charge in [0.15, 0.2) is 0 Å². The fourth-order valence-corrected chi connectivity index (χ4v) is 3.90. The zero-order valence-corrected chi connectivity index (χ0v) is 17.4. The van der Waals surface area contributed by atoms with Gasteiger partial charge in [-0.15, -0.1) is 18.7 Å². The third-order valence-corrected chi connectivity index (χ3v) is 5.36. The van der Waals surface area contributed by atoms with Crippen LogP contribution < -0.4 is 25.6 Å². The van der Waals surface area contributed by atoms with Crippen molar-refractivity contribution in [3.63, 3.8) is 0 Å². The summed E-state index contributed by atoms with van der Waals surface area (Å²) in [5, 5.41) is 6.38. The van der Waals surface area contributed by atoms with Crippen LogP contribution in [0.15, 0.2) is 59.9 Å². The number of carbonyl (C=O) groups excluding carboxylic acids is 1. The minimum atomic E-state index is -4.78. The lowest BCUT2D eigenvalue weighted by molar-refractivity contribution is -0.274. The van der Waals surface area contributed by atoms with E-state index in [4.69, 9.17) is 4.74 Å². The van der Waals surface area contributed by atoms with Crippen LogP contribution in [-0.4, -0.2) is 55.5 Å². The molecule has 2 saturated heterocycles. The van der Waals surface area contributed by atoms with E-state index in [2.05, 4.69) is 20.5 Å². The lowest BCUT2D eigenvalue weighted by atomic mass is 10.1. The number of carbonyl (C=O) groups is 1. The number of fused-ring (bicyclic) bond motifs is 3. The minimum absolute atomic E-state index is 0. The molecule has 0 aliphatic carbocycles. The number of halogens is 3. The first kappa shape index (κ1) is 22.9.